The third-order valence-electron chi connectivity index (χ3n) is 3.29. The summed E-state index contributed by atoms with van der Waals surface area (Å²) in [5.74, 6) is 0.0566. The molecule has 0 saturated heterocycles. The van der Waals surface area contributed by atoms with Gasteiger partial charge in [-0.1, -0.05) is 6.07 Å². The molecule has 0 radical (unpaired) electrons. The second-order valence-corrected chi connectivity index (χ2v) is 4.27. The van der Waals surface area contributed by atoms with Crippen LogP contribution in [0.25, 0.3) is 0 Å². The lowest BCUT2D eigenvalue weighted by Gasteiger charge is -2.17. The largest absolute Gasteiger partial charge is 0.386 e. The molecule has 86 valence electrons. The lowest BCUT2D eigenvalue weighted by atomic mass is 9.97. The van der Waals surface area contributed by atoms with E-state index in [1.54, 1.807) is 18.5 Å². The Labute approximate surface area is 99.4 Å². The summed E-state index contributed by atoms with van der Waals surface area (Å²) in [6.45, 7) is 0. The van der Waals surface area contributed by atoms with Gasteiger partial charge in [-0.3, -0.25) is 4.98 Å². The van der Waals surface area contributed by atoms with Crippen LogP contribution in [0, 0.1) is 0 Å². The molecule has 2 aromatic heterocycles. The average Bonchev–Trinajstić information content (AvgIpc) is 2.83. The molecule has 1 aliphatic carbocycles. The summed E-state index contributed by atoms with van der Waals surface area (Å²) in [4.78, 5) is 12.4. The maximum absolute atomic E-state index is 10.3. The van der Waals surface area contributed by atoms with Crippen LogP contribution in [0.2, 0.25) is 0 Å². The fraction of sp³-hybridized carbons (Fsp3) is 0.308. The molecule has 2 heterocycles. The van der Waals surface area contributed by atoms with E-state index in [4.69, 9.17) is 0 Å². The van der Waals surface area contributed by atoms with Crippen molar-refractivity contribution in [2.45, 2.75) is 24.9 Å². The molecule has 0 aromatic carbocycles. The molecule has 4 heteroatoms. The highest BCUT2D eigenvalue weighted by atomic mass is 16.3. The van der Waals surface area contributed by atoms with Crippen molar-refractivity contribution >= 4 is 0 Å². The van der Waals surface area contributed by atoms with Crippen LogP contribution in [-0.4, -0.2) is 20.1 Å². The number of rotatable bonds is 2. The Morgan fingerprint density at radius 3 is 3.00 bits per heavy atom. The Bertz CT molecular complexity index is 515. The number of nitrogens with zero attached hydrogens (tertiary/aromatic N) is 3. The van der Waals surface area contributed by atoms with Crippen molar-refractivity contribution < 1.29 is 5.11 Å². The molecule has 0 spiro atoms. The topological polar surface area (TPSA) is 58.9 Å². The lowest BCUT2D eigenvalue weighted by Crippen LogP contribution is -2.11. The van der Waals surface area contributed by atoms with Crippen LogP contribution in [-0.2, 0) is 6.42 Å². The molecule has 2 unspecified atom stereocenters. The highest BCUT2D eigenvalue weighted by Crippen LogP contribution is 2.39. The molecule has 3 rings (SSSR count). The lowest BCUT2D eigenvalue weighted by molar-refractivity contribution is 0.138. The first kappa shape index (κ1) is 10.4. The number of fused-ring (bicyclic) bond motifs is 1. The van der Waals surface area contributed by atoms with Crippen molar-refractivity contribution in [1.82, 2.24) is 15.0 Å². The molecule has 0 amide bonds. The number of hydrogen-bond donors (Lipinski definition) is 1. The number of hydrogen-bond acceptors (Lipinski definition) is 4. The minimum atomic E-state index is -0.589. The number of aryl methyl sites for hydroxylation is 1. The fourth-order valence-electron chi connectivity index (χ4n) is 2.43. The maximum Gasteiger partial charge on any atom is 0.115 e. The third kappa shape index (κ3) is 1.80. The number of aliphatic hydroxyl groups excluding tert-OH is 1. The van der Waals surface area contributed by atoms with Gasteiger partial charge in [0.15, 0.2) is 0 Å². The van der Waals surface area contributed by atoms with Crippen molar-refractivity contribution in [3.05, 3.63) is 53.9 Å². The first-order chi connectivity index (χ1) is 8.36. The van der Waals surface area contributed by atoms with Crippen LogP contribution in [0.15, 0.2) is 36.9 Å². The average molecular weight is 227 g/mol. The molecule has 2 aromatic rings. The summed E-state index contributed by atoms with van der Waals surface area (Å²) < 4.78 is 0. The van der Waals surface area contributed by atoms with Crippen molar-refractivity contribution in [3.63, 3.8) is 0 Å². The first-order valence-electron chi connectivity index (χ1n) is 5.74. The number of pyridine rings is 1. The second-order valence-electron chi connectivity index (χ2n) is 4.27. The monoisotopic (exact) mass is 227 g/mol. The van der Waals surface area contributed by atoms with Gasteiger partial charge in [0, 0.05) is 24.0 Å². The molecular formula is C13H13N3O. The molecule has 0 bridgehead atoms. The van der Waals surface area contributed by atoms with Gasteiger partial charge in [0.1, 0.15) is 12.4 Å². The van der Waals surface area contributed by atoms with Gasteiger partial charge in [-0.25, -0.2) is 9.97 Å². The van der Waals surface area contributed by atoms with Crippen LogP contribution in [0.4, 0.5) is 0 Å². The van der Waals surface area contributed by atoms with Crippen molar-refractivity contribution in [2.75, 3.05) is 0 Å². The second kappa shape index (κ2) is 4.22. The van der Waals surface area contributed by atoms with E-state index in [2.05, 4.69) is 21.0 Å². The van der Waals surface area contributed by atoms with Gasteiger partial charge < -0.3 is 5.11 Å². The van der Waals surface area contributed by atoms with Crippen LogP contribution < -0.4 is 0 Å². The van der Waals surface area contributed by atoms with Gasteiger partial charge in [-0.05, 0) is 30.5 Å². The van der Waals surface area contributed by atoms with Gasteiger partial charge in [0.2, 0.25) is 0 Å². The molecule has 17 heavy (non-hydrogen) atoms. The Kier molecular flexibility index (Phi) is 2.57. The van der Waals surface area contributed by atoms with Crippen LogP contribution in [0.5, 0.6) is 0 Å². The van der Waals surface area contributed by atoms with E-state index in [-0.39, 0.29) is 5.92 Å². The maximum atomic E-state index is 10.3. The Balaban J connectivity index is 1.92. The summed E-state index contributed by atoms with van der Waals surface area (Å²) in [5.41, 5.74) is 2.92. The summed E-state index contributed by atoms with van der Waals surface area (Å²) >= 11 is 0. The third-order valence-corrected chi connectivity index (χ3v) is 3.29. The standard InChI is InChI=1S/C13H13N3O/c17-13(11-5-7-14-8-16-11)10-4-3-9-2-1-6-15-12(9)10/h1-2,5-8,10,13,17H,3-4H2. The molecule has 0 saturated carbocycles. The smallest absolute Gasteiger partial charge is 0.115 e. The zero-order valence-corrected chi connectivity index (χ0v) is 9.32. The SMILES string of the molecule is OC(c1ccncn1)C1CCc2cccnc21. The highest BCUT2D eigenvalue weighted by Gasteiger charge is 2.31. The van der Waals surface area contributed by atoms with Crippen molar-refractivity contribution in [1.29, 1.82) is 0 Å². The summed E-state index contributed by atoms with van der Waals surface area (Å²) in [6, 6.07) is 5.78. The summed E-state index contributed by atoms with van der Waals surface area (Å²) in [5, 5.41) is 10.3. The molecule has 2 atom stereocenters. The zero-order chi connectivity index (χ0) is 11.7. The van der Waals surface area contributed by atoms with Gasteiger partial charge >= 0.3 is 0 Å². The van der Waals surface area contributed by atoms with Crippen LogP contribution in [0.1, 0.15) is 35.4 Å². The highest BCUT2D eigenvalue weighted by molar-refractivity contribution is 5.30. The minimum Gasteiger partial charge on any atom is -0.386 e. The molecule has 0 aliphatic heterocycles. The number of aliphatic hydroxyl groups is 1. The minimum absolute atomic E-state index is 0.0566. The van der Waals surface area contributed by atoms with Gasteiger partial charge in [0.05, 0.1) is 5.69 Å². The van der Waals surface area contributed by atoms with E-state index in [1.807, 2.05) is 6.07 Å². The van der Waals surface area contributed by atoms with Gasteiger partial charge in [0.25, 0.3) is 0 Å². The molecular weight excluding hydrogens is 214 g/mol. The van der Waals surface area contributed by atoms with Crippen LogP contribution >= 0.6 is 0 Å². The van der Waals surface area contributed by atoms with E-state index >= 15 is 0 Å². The summed E-state index contributed by atoms with van der Waals surface area (Å²) in [7, 11) is 0. The first-order valence-corrected chi connectivity index (χ1v) is 5.74. The molecule has 1 aliphatic rings. The fourth-order valence-corrected chi connectivity index (χ4v) is 2.43. The Hall–Kier alpha value is -1.81. The van der Waals surface area contributed by atoms with Gasteiger partial charge in [-0.15, -0.1) is 0 Å². The van der Waals surface area contributed by atoms with Crippen LogP contribution in [0.3, 0.4) is 0 Å². The summed E-state index contributed by atoms with van der Waals surface area (Å²) in [6.07, 6.45) is 6.22. The predicted molar refractivity (Wildman–Crippen MR) is 62.3 cm³/mol. The molecule has 1 N–H and O–H groups in total. The molecule has 0 fully saturated rings. The number of aromatic nitrogens is 3. The van der Waals surface area contributed by atoms with E-state index in [0.29, 0.717) is 5.69 Å². The van der Waals surface area contributed by atoms with Gasteiger partial charge in [-0.2, -0.15) is 0 Å². The van der Waals surface area contributed by atoms with E-state index in [0.717, 1.165) is 18.5 Å². The predicted octanol–water partition coefficient (Wildman–Crippen LogP) is 1.64. The van der Waals surface area contributed by atoms with E-state index < -0.39 is 6.10 Å². The van der Waals surface area contributed by atoms with E-state index in [9.17, 15) is 5.11 Å². The Morgan fingerprint density at radius 2 is 2.18 bits per heavy atom. The molecule has 4 nitrogen and oxygen atoms in total. The van der Waals surface area contributed by atoms with Crippen molar-refractivity contribution in [2.24, 2.45) is 0 Å². The van der Waals surface area contributed by atoms with Crippen molar-refractivity contribution in [3.8, 4) is 0 Å². The zero-order valence-electron chi connectivity index (χ0n) is 9.32. The quantitative estimate of drug-likeness (QED) is 0.847. The normalized spacial score (nSPS) is 19.9. The van der Waals surface area contributed by atoms with E-state index in [1.165, 1.54) is 11.9 Å². The Morgan fingerprint density at radius 1 is 1.24 bits per heavy atom.